The Labute approximate surface area is 300 Å². The highest BCUT2D eigenvalue weighted by molar-refractivity contribution is 5.76. The van der Waals surface area contributed by atoms with E-state index in [1.54, 1.807) is 0 Å². The molecule has 2 atom stereocenters. The van der Waals surface area contributed by atoms with Crippen LogP contribution in [0.5, 0.6) is 0 Å². The van der Waals surface area contributed by atoms with Crippen molar-refractivity contribution in [3.63, 3.8) is 0 Å². The number of hydrogen-bond acceptors (Lipinski definition) is 6. The number of alkyl halides is 12. The summed E-state index contributed by atoms with van der Waals surface area (Å²) >= 11 is 0. The number of rotatable bonds is 8. The molecule has 0 aromatic carbocycles. The zero-order valence-electron chi connectivity index (χ0n) is 30.7. The van der Waals surface area contributed by atoms with Gasteiger partial charge in [-0.1, -0.05) is 13.8 Å². The largest absolute Gasteiger partial charge is 0.462 e. The van der Waals surface area contributed by atoms with Crippen molar-refractivity contribution in [2.75, 3.05) is 0 Å². The van der Waals surface area contributed by atoms with Crippen LogP contribution < -0.4 is 0 Å². The fraction of sp³-hybridized carbons (Fsp3) is 0.943. The Bertz CT molecular complexity index is 1210. The third kappa shape index (κ3) is 8.42. The maximum atomic E-state index is 13.3. The second kappa shape index (κ2) is 14.5. The topological polar surface area (TPSA) is 93.1 Å². The molecule has 0 aromatic rings. The van der Waals surface area contributed by atoms with Crippen LogP contribution in [0.15, 0.2) is 0 Å². The van der Waals surface area contributed by atoms with Crippen LogP contribution in [0.3, 0.4) is 0 Å². The Kier molecular flexibility index (Phi) is 12.4. The summed E-state index contributed by atoms with van der Waals surface area (Å²) in [5.41, 5.74) is -13.4. The van der Waals surface area contributed by atoms with E-state index in [2.05, 4.69) is 13.8 Å². The predicted octanol–water partition coefficient (Wildman–Crippen LogP) is 9.64. The van der Waals surface area contributed by atoms with Crippen molar-refractivity contribution in [1.82, 2.24) is 0 Å². The summed E-state index contributed by atoms with van der Waals surface area (Å²) in [5, 5.41) is 19.2. The SMILES string of the molecule is CCC(C)(C)C(=O)OC1(C)C2CC3CC(C2)CC1C3.CCC(C)(C)C(=O)OC1CC(C(O)(C(F)(F)F)C(F)(F)F)CC(C(O)(C(F)(F)F)C(F)(F)F)C1. The molecule has 0 radical (unpaired) electrons. The van der Waals surface area contributed by atoms with Crippen molar-refractivity contribution in [1.29, 1.82) is 0 Å². The summed E-state index contributed by atoms with van der Waals surface area (Å²) in [6.45, 7) is 12.1. The molecule has 5 rings (SSSR count). The van der Waals surface area contributed by atoms with Crippen LogP contribution in [0.2, 0.25) is 0 Å². The Balaban J connectivity index is 0.000000331. The van der Waals surface area contributed by atoms with Gasteiger partial charge >= 0.3 is 36.6 Å². The second-order valence-corrected chi connectivity index (χ2v) is 17.0. The minimum atomic E-state index is -6.58. The first-order valence-corrected chi connectivity index (χ1v) is 17.8. The van der Waals surface area contributed by atoms with Gasteiger partial charge in [0.05, 0.1) is 10.8 Å². The molecular formula is C35H50F12O6. The van der Waals surface area contributed by atoms with Gasteiger partial charge in [-0.05, 0) is 122 Å². The molecule has 0 aromatic heterocycles. The highest BCUT2D eigenvalue weighted by Gasteiger charge is 2.78. The van der Waals surface area contributed by atoms with Gasteiger partial charge in [-0.3, -0.25) is 9.59 Å². The molecule has 2 unspecified atom stereocenters. The zero-order chi connectivity index (χ0) is 41.2. The van der Waals surface area contributed by atoms with Crippen molar-refractivity contribution in [3.8, 4) is 0 Å². The van der Waals surface area contributed by atoms with Crippen molar-refractivity contribution in [2.45, 2.75) is 160 Å². The Hall–Kier alpha value is -1.98. The molecule has 0 saturated heterocycles. The van der Waals surface area contributed by atoms with E-state index in [4.69, 9.17) is 9.47 Å². The first-order valence-electron chi connectivity index (χ1n) is 17.8. The van der Waals surface area contributed by atoms with Crippen molar-refractivity contribution in [2.24, 2.45) is 46.3 Å². The highest BCUT2D eigenvalue weighted by atomic mass is 19.4. The zero-order valence-corrected chi connectivity index (χ0v) is 30.7. The molecule has 5 aliphatic carbocycles. The van der Waals surface area contributed by atoms with Crippen LogP contribution in [0.4, 0.5) is 52.7 Å². The fourth-order valence-electron chi connectivity index (χ4n) is 8.52. The van der Waals surface area contributed by atoms with E-state index in [1.165, 1.54) is 52.9 Å². The van der Waals surface area contributed by atoms with Gasteiger partial charge in [-0.15, -0.1) is 0 Å². The Morgan fingerprint density at radius 1 is 0.566 bits per heavy atom. The van der Waals surface area contributed by atoms with E-state index in [-0.39, 0.29) is 23.4 Å². The maximum Gasteiger partial charge on any atom is 0.426 e. The minimum absolute atomic E-state index is 0.0184. The van der Waals surface area contributed by atoms with Gasteiger partial charge in [-0.25, -0.2) is 0 Å². The van der Waals surface area contributed by atoms with Crippen LogP contribution >= 0.6 is 0 Å². The summed E-state index contributed by atoms with van der Waals surface area (Å²) in [7, 11) is 0. The van der Waals surface area contributed by atoms with Crippen LogP contribution in [-0.2, 0) is 19.1 Å². The summed E-state index contributed by atoms with van der Waals surface area (Å²) in [6.07, 6.45) is -26.5. The molecule has 0 heterocycles. The van der Waals surface area contributed by atoms with E-state index >= 15 is 0 Å². The lowest BCUT2D eigenvalue weighted by atomic mass is 9.50. The first-order chi connectivity index (χ1) is 23.6. The van der Waals surface area contributed by atoms with Gasteiger partial charge in [0.25, 0.3) is 11.2 Å². The summed E-state index contributed by atoms with van der Waals surface area (Å²) in [4.78, 5) is 24.7. The van der Waals surface area contributed by atoms with Gasteiger partial charge in [-0.2, -0.15) is 52.7 Å². The van der Waals surface area contributed by atoms with Crippen molar-refractivity contribution in [3.05, 3.63) is 0 Å². The van der Waals surface area contributed by atoms with Crippen molar-refractivity contribution >= 4 is 11.9 Å². The second-order valence-electron chi connectivity index (χ2n) is 17.0. The predicted molar refractivity (Wildman–Crippen MR) is 165 cm³/mol. The minimum Gasteiger partial charge on any atom is -0.462 e. The molecule has 0 spiro atoms. The summed E-state index contributed by atoms with van der Waals surface area (Å²) in [5.74, 6) is -4.94. The number of esters is 2. The molecule has 6 nitrogen and oxygen atoms in total. The van der Waals surface area contributed by atoms with E-state index in [0.717, 1.165) is 18.3 Å². The number of ether oxygens (including phenoxy) is 2. The third-order valence-corrected chi connectivity index (χ3v) is 12.8. The van der Waals surface area contributed by atoms with E-state index < -0.39 is 84.5 Å². The molecule has 0 amide bonds. The van der Waals surface area contributed by atoms with Gasteiger partial charge in [0.15, 0.2) is 0 Å². The lowest BCUT2D eigenvalue weighted by Gasteiger charge is -2.59. The number of carbonyl (C=O) groups is 2. The van der Waals surface area contributed by atoms with Gasteiger partial charge in [0, 0.05) is 11.8 Å². The molecule has 2 N–H and O–H groups in total. The molecule has 5 fully saturated rings. The van der Waals surface area contributed by atoms with Crippen LogP contribution in [0.25, 0.3) is 0 Å². The smallest absolute Gasteiger partial charge is 0.426 e. The average molecular weight is 795 g/mol. The van der Waals surface area contributed by atoms with Crippen LogP contribution in [0.1, 0.15) is 113 Å². The quantitative estimate of drug-likeness (QED) is 0.188. The number of carbonyl (C=O) groups excluding carboxylic acids is 2. The lowest BCUT2D eigenvalue weighted by molar-refractivity contribution is -0.405. The van der Waals surface area contributed by atoms with Gasteiger partial charge < -0.3 is 19.7 Å². The van der Waals surface area contributed by atoms with Crippen LogP contribution in [-0.4, -0.2) is 69.8 Å². The van der Waals surface area contributed by atoms with E-state index in [9.17, 15) is 72.5 Å². The van der Waals surface area contributed by atoms with E-state index in [0.29, 0.717) is 11.8 Å². The van der Waals surface area contributed by atoms with Gasteiger partial charge in [0.2, 0.25) is 0 Å². The molecule has 310 valence electrons. The Morgan fingerprint density at radius 2 is 0.887 bits per heavy atom. The van der Waals surface area contributed by atoms with E-state index in [1.807, 2.05) is 13.8 Å². The molecule has 0 aliphatic heterocycles. The third-order valence-electron chi connectivity index (χ3n) is 12.8. The highest BCUT2D eigenvalue weighted by Crippen LogP contribution is 2.60. The fourth-order valence-corrected chi connectivity index (χ4v) is 8.52. The number of halogens is 12. The molecule has 4 bridgehead atoms. The van der Waals surface area contributed by atoms with Crippen molar-refractivity contribution < 1.29 is 82.0 Å². The molecule has 53 heavy (non-hydrogen) atoms. The number of aliphatic hydroxyl groups is 2. The van der Waals surface area contributed by atoms with Gasteiger partial charge in [0.1, 0.15) is 11.7 Å². The first kappa shape index (κ1) is 45.4. The monoisotopic (exact) mass is 794 g/mol. The number of hydrogen-bond donors (Lipinski definition) is 2. The van der Waals surface area contributed by atoms with Crippen LogP contribution in [0, 0.1) is 46.3 Å². The molecule has 5 saturated carbocycles. The normalized spacial score (nSPS) is 31.5. The Morgan fingerprint density at radius 3 is 1.19 bits per heavy atom. The summed E-state index contributed by atoms with van der Waals surface area (Å²) < 4.78 is 171. The molecule has 18 heteroatoms. The maximum absolute atomic E-state index is 13.3. The average Bonchev–Trinajstić information content (AvgIpc) is 3.00. The molecule has 5 aliphatic rings. The molecular weight excluding hydrogens is 744 g/mol. The standard InChI is InChI=1S/C18H22F12O4.C17H28O2/c1-4-12(2,3)11(31)34-10-6-8(13(32,15(19,20)21)16(22,23)24)5-9(7-10)14(33,17(25,26)27)18(28,29)30;1-5-16(2,3)15(18)19-17(4)13-7-11-6-12(9-13)10-14(17)8-11/h8-10,32-33H,4-7H2,1-3H3;11-14H,5-10H2,1-4H3. The lowest BCUT2D eigenvalue weighted by Crippen LogP contribution is -2.67. The summed E-state index contributed by atoms with van der Waals surface area (Å²) in [6, 6.07) is 0.